The molecule has 2 heteroatoms. The Morgan fingerprint density at radius 2 is 1.00 bits per heavy atom. The first-order valence-corrected chi connectivity index (χ1v) is 11.3. The second-order valence-corrected chi connectivity index (χ2v) is 7.86. The Hall–Kier alpha value is -0.790. The van der Waals surface area contributed by atoms with E-state index in [0.29, 0.717) is 0 Å². The molecular weight excluding hydrogens is 304 g/mol. The third-order valence-corrected chi connectivity index (χ3v) is 5.42. The summed E-state index contributed by atoms with van der Waals surface area (Å²) in [5, 5.41) is 0. The Bertz CT molecular complexity index is 323. The van der Waals surface area contributed by atoms with E-state index in [-0.39, 0.29) is 0 Å². The van der Waals surface area contributed by atoms with E-state index in [1.54, 1.807) is 0 Å². The number of aliphatic imine (C=N–C) groups is 2. The van der Waals surface area contributed by atoms with Gasteiger partial charge in [-0.3, -0.25) is 0 Å². The molecular formula is C23H43N2+. The highest BCUT2D eigenvalue weighted by atomic mass is 15.0. The van der Waals surface area contributed by atoms with Gasteiger partial charge in [-0.2, -0.15) is 0 Å². The Labute approximate surface area is 158 Å². The Kier molecular flexibility index (Phi) is 14.8. The Morgan fingerprint density at radius 3 is 1.44 bits per heavy atom. The minimum absolute atomic E-state index is 0.800. The van der Waals surface area contributed by atoms with E-state index >= 15 is 0 Å². The SMILES string of the molecule is CCCCCCCCCCC(CCCCCCCC)C[C+]1N=CC=N1. The first-order chi connectivity index (χ1) is 12.4. The molecule has 0 spiro atoms. The Balaban J connectivity index is 2.10. The van der Waals surface area contributed by atoms with Gasteiger partial charge in [-0.25, -0.2) is 0 Å². The zero-order chi connectivity index (χ0) is 18.0. The highest BCUT2D eigenvalue weighted by Gasteiger charge is 2.22. The van der Waals surface area contributed by atoms with Gasteiger partial charge in [0.1, 0.15) is 0 Å². The normalized spacial score (nSPS) is 14.6. The van der Waals surface area contributed by atoms with Crippen molar-refractivity contribution >= 4 is 12.4 Å². The van der Waals surface area contributed by atoms with Crippen molar-refractivity contribution in [2.45, 2.75) is 123 Å². The van der Waals surface area contributed by atoms with Gasteiger partial charge in [0, 0.05) is 0 Å². The van der Waals surface area contributed by atoms with Crippen molar-refractivity contribution in [3.8, 4) is 0 Å². The number of hydrogen-bond acceptors (Lipinski definition) is 2. The minimum Gasteiger partial charge on any atom is -0.0968 e. The molecule has 0 bridgehead atoms. The van der Waals surface area contributed by atoms with Gasteiger partial charge in [0.25, 0.3) is 0 Å². The molecule has 144 valence electrons. The van der Waals surface area contributed by atoms with Gasteiger partial charge < -0.3 is 0 Å². The molecule has 1 aliphatic heterocycles. The van der Waals surface area contributed by atoms with Crippen LogP contribution in [0.2, 0.25) is 0 Å². The van der Waals surface area contributed by atoms with Crippen LogP contribution in [0.25, 0.3) is 0 Å². The molecule has 0 N–H and O–H groups in total. The first kappa shape index (κ1) is 22.3. The molecule has 0 aliphatic carbocycles. The highest BCUT2D eigenvalue weighted by molar-refractivity contribution is 6.18. The minimum atomic E-state index is 0.800. The second-order valence-electron chi connectivity index (χ2n) is 7.86. The molecule has 25 heavy (non-hydrogen) atoms. The van der Waals surface area contributed by atoms with Gasteiger partial charge in [0.15, 0.2) is 12.4 Å². The molecule has 1 atom stereocenters. The third kappa shape index (κ3) is 13.1. The molecule has 0 aromatic carbocycles. The molecule has 0 saturated carbocycles. The molecule has 0 saturated heterocycles. The zero-order valence-electron chi connectivity index (χ0n) is 17.1. The van der Waals surface area contributed by atoms with E-state index < -0.39 is 0 Å². The first-order valence-electron chi connectivity index (χ1n) is 11.3. The number of nitrogens with zero attached hydrogens (tertiary/aromatic N) is 2. The summed E-state index contributed by atoms with van der Waals surface area (Å²) in [6, 6.07) is 0. The lowest BCUT2D eigenvalue weighted by Crippen LogP contribution is -2.05. The van der Waals surface area contributed by atoms with E-state index in [0.717, 1.165) is 18.5 Å². The van der Waals surface area contributed by atoms with E-state index in [2.05, 4.69) is 23.8 Å². The van der Waals surface area contributed by atoms with Gasteiger partial charge in [-0.1, -0.05) is 114 Å². The van der Waals surface area contributed by atoms with Crippen LogP contribution in [0.5, 0.6) is 0 Å². The topological polar surface area (TPSA) is 24.7 Å². The van der Waals surface area contributed by atoms with Gasteiger partial charge in [-0.15, -0.1) is 0 Å². The molecule has 0 amide bonds. The average molecular weight is 348 g/mol. The number of hydrogen-bond donors (Lipinski definition) is 0. The fraction of sp³-hybridized carbons (Fsp3) is 0.870. The number of rotatable bonds is 18. The highest BCUT2D eigenvalue weighted by Crippen LogP contribution is 2.28. The van der Waals surface area contributed by atoms with E-state index in [1.807, 2.05) is 12.4 Å². The Morgan fingerprint density at radius 1 is 0.600 bits per heavy atom. The predicted molar refractivity (Wildman–Crippen MR) is 114 cm³/mol. The molecule has 1 heterocycles. The largest absolute Gasteiger partial charge is 0.240 e. The third-order valence-electron chi connectivity index (χ3n) is 5.42. The quantitative estimate of drug-likeness (QED) is 0.178. The molecule has 0 radical (unpaired) electrons. The van der Waals surface area contributed by atoms with Crippen molar-refractivity contribution in [2.75, 3.05) is 0 Å². The maximum atomic E-state index is 4.40. The summed E-state index contributed by atoms with van der Waals surface area (Å²) in [5.41, 5.74) is 0. The lowest BCUT2D eigenvalue weighted by Gasteiger charge is -2.15. The summed E-state index contributed by atoms with van der Waals surface area (Å²) >= 11 is 0. The maximum absolute atomic E-state index is 4.40. The number of unbranched alkanes of at least 4 members (excludes halogenated alkanes) is 12. The van der Waals surface area contributed by atoms with Gasteiger partial charge in [-0.05, 0) is 18.8 Å². The molecule has 1 unspecified atom stereocenters. The van der Waals surface area contributed by atoms with Gasteiger partial charge >= 0.3 is 0 Å². The fourth-order valence-electron chi connectivity index (χ4n) is 3.76. The smallest absolute Gasteiger partial charge is 0.0968 e. The van der Waals surface area contributed by atoms with Crippen LogP contribution in [0.15, 0.2) is 9.98 Å². The van der Waals surface area contributed by atoms with Crippen LogP contribution >= 0.6 is 0 Å². The van der Waals surface area contributed by atoms with Crippen molar-refractivity contribution < 1.29 is 0 Å². The summed E-state index contributed by atoms with van der Waals surface area (Å²) in [7, 11) is 0. The molecule has 1 rings (SSSR count). The molecule has 0 aromatic rings. The van der Waals surface area contributed by atoms with Gasteiger partial charge in [0.2, 0.25) is 6.17 Å². The summed E-state index contributed by atoms with van der Waals surface area (Å²) in [5.74, 6) is 0.800. The van der Waals surface area contributed by atoms with E-state index in [1.165, 1.54) is 103 Å². The fourth-order valence-corrected chi connectivity index (χ4v) is 3.76. The lowest BCUT2D eigenvalue weighted by molar-refractivity contribution is 0.384. The second kappa shape index (κ2) is 16.7. The van der Waals surface area contributed by atoms with Crippen LogP contribution in [0.1, 0.15) is 123 Å². The van der Waals surface area contributed by atoms with Crippen molar-refractivity contribution in [1.29, 1.82) is 0 Å². The van der Waals surface area contributed by atoms with Crippen LogP contribution in [-0.2, 0) is 0 Å². The molecule has 0 aromatic heterocycles. The van der Waals surface area contributed by atoms with E-state index in [9.17, 15) is 0 Å². The monoisotopic (exact) mass is 347 g/mol. The van der Waals surface area contributed by atoms with Crippen LogP contribution in [0.4, 0.5) is 0 Å². The van der Waals surface area contributed by atoms with Crippen molar-refractivity contribution in [1.82, 2.24) is 0 Å². The van der Waals surface area contributed by atoms with E-state index in [4.69, 9.17) is 0 Å². The van der Waals surface area contributed by atoms with Crippen molar-refractivity contribution in [3.05, 3.63) is 6.17 Å². The molecule has 0 fully saturated rings. The summed E-state index contributed by atoms with van der Waals surface area (Å²) in [6.07, 6.45) is 28.3. The van der Waals surface area contributed by atoms with Crippen LogP contribution in [-0.4, -0.2) is 12.4 Å². The zero-order valence-corrected chi connectivity index (χ0v) is 17.1. The van der Waals surface area contributed by atoms with Gasteiger partial charge in [0.05, 0.1) is 6.42 Å². The van der Waals surface area contributed by atoms with Crippen LogP contribution in [0, 0.1) is 12.1 Å². The predicted octanol–water partition coefficient (Wildman–Crippen LogP) is 7.92. The summed E-state index contributed by atoms with van der Waals surface area (Å²) in [4.78, 5) is 8.80. The van der Waals surface area contributed by atoms with Crippen LogP contribution in [0.3, 0.4) is 0 Å². The van der Waals surface area contributed by atoms with Crippen molar-refractivity contribution in [3.63, 3.8) is 0 Å². The molecule has 2 nitrogen and oxygen atoms in total. The maximum Gasteiger partial charge on any atom is 0.240 e. The summed E-state index contributed by atoms with van der Waals surface area (Å²) < 4.78 is 0. The van der Waals surface area contributed by atoms with Crippen LogP contribution < -0.4 is 0 Å². The lowest BCUT2D eigenvalue weighted by atomic mass is 9.90. The standard InChI is InChI=1S/C23H43N2/c1-3-5-7-9-11-12-14-16-18-22(21-23-24-19-20-25-23)17-15-13-10-8-6-4-2/h19-20,22H,3-18,21H2,1-2H3/q+1. The molecule has 1 aliphatic rings. The van der Waals surface area contributed by atoms with Crippen molar-refractivity contribution in [2.24, 2.45) is 15.9 Å². The average Bonchev–Trinajstić information content (AvgIpc) is 3.13. The summed E-state index contributed by atoms with van der Waals surface area (Å²) in [6.45, 7) is 4.58.